The first-order chi connectivity index (χ1) is 7.50. The third-order valence-electron chi connectivity index (χ3n) is 1.98. The van der Waals surface area contributed by atoms with Crippen molar-refractivity contribution in [2.75, 3.05) is 0 Å². The van der Waals surface area contributed by atoms with E-state index in [4.69, 9.17) is 11.6 Å². The number of carbonyl (C=O) groups excluding carboxylic acids is 2. The van der Waals surface area contributed by atoms with Crippen LogP contribution in [0.3, 0.4) is 0 Å². The summed E-state index contributed by atoms with van der Waals surface area (Å²) in [5, 5.41) is -0.191. The minimum atomic E-state index is -0.191. The fourth-order valence-electron chi connectivity index (χ4n) is 1.22. The van der Waals surface area contributed by atoms with E-state index in [0.717, 1.165) is 12.8 Å². The van der Waals surface area contributed by atoms with Gasteiger partial charge in [-0.25, -0.2) is 0 Å². The van der Waals surface area contributed by atoms with Gasteiger partial charge in [0.25, 0.3) is 0 Å². The molecule has 0 heterocycles. The van der Waals surface area contributed by atoms with Crippen LogP contribution in [-0.4, -0.2) is 11.0 Å². The van der Waals surface area contributed by atoms with Gasteiger partial charge in [0, 0.05) is 6.42 Å². The summed E-state index contributed by atoms with van der Waals surface area (Å²) in [7, 11) is 0. The molecule has 0 aliphatic rings. The monoisotopic (exact) mass is 248 g/mol. The molecule has 0 rings (SSSR count). The largest absolute Gasteiger partial charge is 0.300 e. The highest BCUT2D eigenvalue weighted by Gasteiger charge is 1.95. The van der Waals surface area contributed by atoms with Crippen LogP contribution in [0.4, 0.5) is 0 Å². The number of halogens is 1. The summed E-state index contributed by atoms with van der Waals surface area (Å²) in [5.74, 6) is 0.167. The molecule has 0 aromatic heterocycles. The van der Waals surface area contributed by atoms with Crippen LogP contribution >= 0.6 is 11.6 Å². The molecular weight excluding hydrogens is 224 g/mol. The fraction of sp³-hybridized carbons (Fsp3) is 0.846. The number of carbonyl (C=O) groups is 2. The van der Waals surface area contributed by atoms with Gasteiger partial charge in [0.2, 0.25) is 5.24 Å². The Labute approximate surface area is 105 Å². The molecule has 2 nitrogen and oxygen atoms in total. The molecule has 0 saturated heterocycles. The number of rotatable bonds is 8. The average Bonchev–Trinajstić information content (AvgIpc) is 2.15. The lowest BCUT2D eigenvalue weighted by molar-refractivity contribution is -0.115. The van der Waals surface area contributed by atoms with E-state index in [0.29, 0.717) is 6.42 Å². The number of Topliss-reactive ketones (excluding diaryl/α,β-unsaturated/α-hetero) is 1. The highest BCUT2D eigenvalue weighted by molar-refractivity contribution is 6.63. The SMILES string of the molecule is CC(C)=O.CCCCCCCCCC(=O)Cl. The summed E-state index contributed by atoms with van der Waals surface area (Å²) in [6, 6.07) is 0. The smallest absolute Gasteiger partial charge is 0.221 e. The van der Waals surface area contributed by atoms with Gasteiger partial charge in [-0.3, -0.25) is 4.79 Å². The molecule has 0 aromatic rings. The second-order valence-electron chi connectivity index (χ2n) is 4.13. The Morgan fingerprint density at radius 3 is 1.62 bits per heavy atom. The van der Waals surface area contributed by atoms with Gasteiger partial charge < -0.3 is 4.79 Å². The van der Waals surface area contributed by atoms with E-state index in [1.807, 2.05) is 0 Å². The maximum atomic E-state index is 10.3. The molecular formula is C13H25ClO2. The molecule has 96 valence electrons. The van der Waals surface area contributed by atoms with Gasteiger partial charge in [-0.2, -0.15) is 0 Å². The second kappa shape index (κ2) is 14.6. The first kappa shape index (κ1) is 18.0. The Bertz CT molecular complexity index is 175. The molecule has 0 saturated carbocycles. The van der Waals surface area contributed by atoms with Crippen LogP contribution < -0.4 is 0 Å². The summed E-state index contributed by atoms with van der Waals surface area (Å²) in [6.07, 6.45) is 9.21. The van der Waals surface area contributed by atoms with E-state index in [1.54, 1.807) is 0 Å². The van der Waals surface area contributed by atoms with Crippen LogP contribution in [0, 0.1) is 0 Å². The first-order valence-corrected chi connectivity index (χ1v) is 6.54. The number of hydrogen-bond acceptors (Lipinski definition) is 2. The van der Waals surface area contributed by atoms with Crippen LogP contribution in [0.2, 0.25) is 0 Å². The zero-order chi connectivity index (χ0) is 12.8. The summed E-state index contributed by atoms with van der Waals surface area (Å²) < 4.78 is 0. The zero-order valence-electron chi connectivity index (χ0n) is 10.9. The Kier molecular flexibility index (Phi) is 16.5. The molecule has 0 spiro atoms. The lowest BCUT2D eigenvalue weighted by Gasteiger charge is -1.98. The summed E-state index contributed by atoms with van der Waals surface area (Å²) in [6.45, 7) is 5.27. The van der Waals surface area contributed by atoms with Crippen LogP contribution in [0.5, 0.6) is 0 Å². The van der Waals surface area contributed by atoms with Crippen LogP contribution in [-0.2, 0) is 9.59 Å². The summed E-state index contributed by atoms with van der Waals surface area (Å²) in [4.78, 5) is 19.8. The topological polar surface area (TPSA) is 34.1 Å². The van der Waals surface area contributed by atoms with E-state index in [9.17, 15) is 9.59 Å². The van der Waals surface area contributed by atoms with E-state index in [1.165, 1.54) is 46.0 Å². The molecule has 0 aromatic carbocycles. The van der Waals surface area contributed by atoms with Crippen LogP contribution in [0.15, 0.2) is 0 Å². The molecule has 0 atom stereocenters. The van der Waals surface area contributed by atoms with Crippen molar-refractivity contribution in [1.29, 1.82) is 0 Å². The highest BCUT2D eigenvalue weighted by Crippen LogP contribution is 2.08. The van der Waals surface area contributed by atoms with Crippen molar-refractivity contribution in [2.24, 2.45) is 0 Å². The maximum absolute atomic E-state index is 10.3. The van der Waals surface area contributed by atoms with Gasteiger partial charge in [-0.15, -0.1) is 0 Å². The maximum Gasteiger partial charge on any atom is 0.221 e. The molecule has 0 amide bonds. The molecule has 0 radical (unpaired) electrons. The van der Waals surface area contributed by atoms with Crippen molar-refractivity contribution in [3.8, 4) is 0 Å². The predicted octanol–water partition coefficient (Wildman–Crippen LogP) is 4.49. The lowest BCUT2D eigenvalue weighted by Crippen LogP contribution is -1.86. The molecule has 0 fully saturated rings. The zero-order valence-corrected chi connectivity index (χ0v) is 11.6. The van der Waals surface area contributed by atoms with Crippen molar-refractivity contribution < 1.29 is 9.59 Å². The minimum Gasteiger partial charge on any atom is -0.300 e. The van der Waals surface area contributed by atoms with Crippen molar-refractivity contribution in [3.63, 3.8) is 0 Å². The third-order valence-corrected chi connectivity index (χ3v) is 2.17. The number of ketones is 1. The van der Waals surface area contributed by atoms with E-state index < -0.39 is 0 Å². The van der Waals surface area contributed by atoms with Gasteiger partial charge in [0.05, 0.1) is 0 Å². The van der Waals surface area contributed by atoms with Crippen molar-refractivity contribution >= 4 is 22.6 Å². The van der Waals surface area contributed by atoms with Gasteiger partial charge in [0.15, 0.2) is 0 Å². The third kappa shape index (κ3) is 29.2. The molecule has 0 N–H and O–H groups in total. The van der Waals surface area contributed by atoms with Gasteiger partial charge >= 0.3 is 0 Å². The standard InChI is InChI=1S/C10H19ClO.C3H6O/c1-2-3-4-5-6-7-8-9-10(11)12;1-3(2)4/h2-9H2,1H3;1-2H3. The Balaban J connectivity index is 0. The Hall–Kier alpha value is -0.370. The molecule has 0 unspecified atom stereocenters. The Morgan fingerprint density at radius 2 is 1.25 bits per heavy atom. The first-order valence-electron chi connectivity index (χ1n) is 6.16. The highest BCUT2D eigenvalue weighted by atomic mass is 35.5. The van der Waals surface area contributed by atoms with Gasteiger partial charge in [-0.1, -0.05) is 45.4 Å². The van der Waals surface area contributed by atoms with Crippen molar-refractivity contribution in [1.82, 2.24) is 0 Å². The van der Waals surface area contributed by atoms with E-state index in [-0.39, 0.29) is 11.0 Å². The summed E-state index contributed by atoms with van der Waals surface area (Å²) in [5.41, 5.74) is 0. The minimum absolute atomic E-state index is 0.167. The number of unbranched alkanes of at least 4 members (excludes halogenated alkanes) is 6. The van der Waals surface area contributed by atoms with Crippen molar-refractivity contribution in [3.05, 3.63) is 0 Å². The van der Waals surface area contributed by atoms with Crippen LogP contribution in [0.1, 0.15) is 72.1 Å². The molecule has 0 aliphatic heterocycles. The Morgan fingerprint density at radius 1 is 0.875 bits per heavy atom. The van der Waals surface area contributed by atoms with Crippen molar-refractivity contribution in [2.45, 2.75) is 72.1 Å². The van der Waals surface area contributed by atoms with E-state index >= 15 is 0 Å². The van der Waals surface area contributed by atoms with Gasteiger partial charge in [-0.05, 0) is 31.9 Å². The fourth-order valence-corrected chi connectivity index (χ4v) is 1.35. The summed E-state index contributed by atoms with van der Waals surface area (Å²) >= 11 is 5.20. The van der Waals surface area contributed by atoms with Crippen LogP contribution in [0.25, 0.3) is 0 Å². The second-order valence-corrected chi connectivity index (χ2v) is 4.56. The predicted molar refractivity (Wildman–Crippen MR) is 69.8 cm³/mol. The molecule has 0 aliphatic carbocycles. The van der Waals surface area contributed by atoms with E-state index in [2.05, 4.69) is 6.92 Å². The molecule has 3 heteroatoms. The average molecular weight is 249 g/mol. The lowest BCUT2D eigenvalue weighted by atomic mass is 10.1. The number of hydrogen-bond donors (Lipinski definition) is 0. The molecule has 16 heavy (non-hydrogen) atoms. The molecule has 0 bridgehead atoms. The normalized spacial score (nSPS) is 9.25. The van der Waals surface area contributed by atoms with Gasteiger partial charge in [0.1, 0.15) is 5.78 Å². The quantitative estimate of drug-likeness (QED) is 0.469.